The number of aromatic nitrogens is 1. The highest BCUT2D eigenvalue weighted by atomic mass is 16.4. The molecule has 0 aliphatic carbocycles. The molecule has 0 saturated heterocycles. The number of aliphatic carboxylic acids is 1. The quantitative estimate of drug-likeness (QED) is 0.893. The van der Waals surface area contributed by atoms with Crippen LogP contribution in [0, 0.1) is 6.92 Å². The van der Waals surface area contributed by atoms with Gasteiger partial charge in [-0.15, -0.1) is 0 Å². The van der Waals surface area contributed by atoms with Crippen LogP contribution in [-0.4, -0.2) is 22.0 Å². The number of aryl methyl sites for hydroxylation is 1. The van der Waals surface area contributed by atoms with Crippen molar-refractivity contribution >= 4 is 17.6 Å². The lowest BCUT2D eigenvalue weighted by Crippen LogP contribution is -2.14. The van der Waals surface area contributed by atoms with Crippen LogP contribution in [0.1, 0.15) is 21.6 Å². The van der Waals surface area contributed by atoms with E-state index in [2.05, 4.69) is 10.3 Å². The minimum absolute atomic E-state index is 0.0738. The average molecular weight is 270 g/mol. The van der Waals surface area contributed by atoms with Crippen LogP contribution in [0.15, 0.2) is 42.6 Å². The minimum atomic E-state index is -0.906. The van der Waals surface area contributed by atoms with Crippen molar-refractivity contribution < 1.29 is 14.7 Å². The number of nitrogens with zero attached hydrogens (tertiary/aromatic N) is 1. The molecule has 1 heterocycles. The van der Waals surface area contributed by atoms with Crippen LogP contribution in [0.5, 0.6) is 0 Å². The predicted octanol–water partition coefficient (Wildman–Crippen LogP) is 2.27. The second-order valence-corrected chi connectivity index (χ2v) is 4.36. The second-order valence-electron chi connectivity index (χ2n) is 4.36. The Morgan fingerprint density at radius 2 is 2.05 bits per heavy atom. The van der Waals surface area contributed by atoms with Crippen LogP contribution >= 0.6 is 0 Å². The third-order valence-electron chi connectivity index (χ3n) is 2.79. The van der Waals surface area contributed by atoms with Crippen LogP contribution < -0.4 is 5.32 Å². The number of hydrogen-bond donors (Lipinski definition) is 2. The van der Waals surface area contributed by atoms with Gasteiger partial charge >= 0.3 is 5.97 Å². The summed E-state index contributed by atoms with van der Waals surface area (Å²) in [7, 11) is 0. The third-order valence-corrected chi connectivity index (χ3v) is 2.79. The molecule has 0 aliphatic heterocycles. The zero-order chi connectivity index (χ0) is 14.5. The topological polar surface area (TPSA) is 79.3 Å². The van der Waals surface area contributed by atoms with Gasteiger partial charge in [0.05, 0.1) is 12.0 Å². The van der Waals surface area contributed by atoms with Gasteiger partial charge in [0.25, 0.3) is 5.91 Å². The maximum absolute atomic E-state index is 12.1. The van der Waals surface area contributed by atoms with Crippen molar-refractivity contribution in [3.63, 3.8) is 0 Å². The zero-order valence-corrected chi connectivity index (χ0v) is 11.0. The van der Waals surface area contributed by atoms with Crippen molar-refractivity contribution in [2.75, 3.05) is 5.32 Å². The second kappa shape index (κ2) is 5.97. The normalized spacial score (nSPS) is 10.1. The summed E-state index contributed by atoms with van der Waals surface area (Å²) >= 11 is 0. The number of carbonyl (C=O) groups excluding carboxylic acids is 1. The molecule has 0 unspecified atom stereocenters. The van der Waals surface area contributed by atoms with Gasteiger partial charge in [0.15, 0.2) is 0 Å². The van der Waals surface area contributed by atoms with Gasteiger partial charge < -0.3 is 10.4 Å². The van der Waals surface area contributed by atoms with Crippen molar-refractivity contribution in [3.05, 3.63) is 59.4 Å². The van der Waals surface area contributed by atoms with Crippen molar-refractivity contribution in [1.29, 1.82) is 0 Å². The van der Waals surface area contributed by atoms with Gasteiger partial charge in [-0.05, 0) is 36.8 Å². The van der Waals surface area contributed by atoms with E-state index < -0.39 is 5.97 Å². The number of hydrogen-bond acceptors (Lipinski definition) is 3. The Kier molecular flexibility index (Phi) is 4.10. The molecule has 2 aromatic rings. The number of nitrogens with one attached hydrogen (secondary N) is 1. The number of carboxylic acids is 1. The van der Waals surface area contributed by atoms with Crippen molar-refractivity contribution in [3.8, 4) is 0 Å². The predicted molar refractivity (Wildman–Crippen MR) is 74.7 cm³/mol. The molecule has 0 fully saturated rings. The first-order chi connectivity index (χ1) is 9.56. The third kappa shape index (κ3) is 3.41. The lowest BCUT2D eigenvalue weighted by molar-refractivity contribution is -0.136. The molecule has 5 nitrogen and oxygen atoms in total. The Morgan fingerprint density at radius 1 is 1.25 bits per heavy atom. The Morgan fingerprint density at radius 3 is 2.75 bits per heavy atom. The van der Waals surface area contributed by atoms with Crippen molar-refractivity contribution in [2.24, 2.45) is 0 Å². The van der Waals surface area contributed by atoms with E-state index >= 15 is 0 Å². The molecule has 0 spiro atoms. The molecule has 0 bridgehead atoms. The smallest absolute Gasteiger partial charge is 0.307 e. The van der Waals surface area contributed by atoms with Gasteiger partial charge in [-0.1, -0.05) is 12.1 Å². The van der Waals surface area contributed by atoms with E-state index in [1.54, 1.807) is 49.5 Å². The molecule has 2 N–H and O–H groups in total. The van der Waals surface area contributed by atoms with E-state index in [0.29, 0.717) is 22.5 Å². The maximum atomic E-state index is 12.1. The highest BCUT2D eigenvalue weighted by Gasteiger charge is 2.10. The van der Waals surface area contributed by atoms with Crippen LogP contribution in [0.2, 0.25) is 0 Å². The Labute approximate surface area is 116 Å². The number of rotatable bonds is 4. The standard InChI is InChI=1S/C15H14N2O3/c1-10-13(6-3-7-16-10)15(20)17-12-5-2-4-11(8-12)9-14(18)19/h2-8H,9H2,1H3,(H,17,20)(H,18,19). The van der Waals surface area contributed by atoms with Gasteiger partial charge in [0, 0.05) is 17.6 Å². The monoisotopic (exact) mass is 270 g/mol. The fraction of sp³-hybridized carbons (Fsp3) is 0.133. The summed E-state index contributed by atoms with van der Waals surface area (Å²) in [5.41, 5.74) is 2.35. The summed E-state index contributed by atoms with van der Waals surface area (Å²) in [6.07, 6.45) is 1.55. The molecule has 0 radical (unpaired) electrons. The molecule has 0 atom stereocenters. The first-order valence-electron chi connectivity index (χ1n) is 6.10. The van der Waals surface area contributed by atoms with Crippen molar-refractivity contribution in [1.82, 2.24) is 4.98 Å². The molecule has 1 aromatic carbocycles. The fourth-order valence-electron chi connectivity index (χ4n) is 1.86. The van der Waals surface area contributed by atoms with E-state index in [0.717, 1.165) is 0 Å². The minimum Gasteiger partial charge on any atom is -0.481 e. The number of carbonyl (C=O) groups is 2. The van der Waals surface area contributed by atoms with Gasteiger partial charge in [-0.25, -0.2) is 0 Å². The molecule has 1 amide bonds. The first-order valence-corrected chi connectivity index (χ1v) is 6.10. The van der Waals surface area contributed by atoms with E-state index in [4.69, 9.17) is 5.11 Å². The molecule has 1 aromatic heterocycles. The largest absolute Gasteiger partial charge is 0.481 e. The van der Waals surface area contributed by atoms with Gasteiger partial charge in [-0.2, -0.15) is 0 Å². The number of pyridine rings is 1. The Balaban J connectivity index is 2.16. The van der Waals surface area contributed by atoms with Crippen LogP contribution in [-0.2, 0) is 11.2 Å². The highest BCUT2D eigenvalue weighted by Crippen LogP contribution is 2.13. The molecular weight excluding hydrogens is 256 g/mol. The molecule has 2 rings (SSSR count). The molecule has 20 heavy (non-hydrogen) atoms. The van der Waals surface area contributed by atoms with Crippen molar-refractivity contribution in [2.45, 2.75) is 13.3 Å². The first kappa shape index (κ1) is 13.7. The van der Waals surface area contributed by atoms with E-state index in [1.807, 2.05) is 0 Å². The van der Waals surface area contributed by atoms with E-state index in [1.165, 1.54) is 0 Å². The Bertz CT molecular complexity index is 653. The SMILES string of the molecule is Cc1ncccc1C(=O)Nc1cccc(CC(=O)O)c1. The summed E-state index contributed by atoms with van der Waals surface area (Å²) in [5, 5.41) is 11.5. The fourth-order valence-corrected chi connectivity index (χ4v) is 1.86. The number of amides is 1. The molecule has 0 saturated carbocycles. The maximum Gasteiger partial charge on any atom is 0.307 e. The molecule has 102 valence electrons. The van der Waals surface area contributed by atoms with E-state index in [9.17, 15) is 9.59 Å². The number of carboxylic acid groups (broad SMARTS) is 1. The van der Waals surface area contributed by atoms with Gasteiger partial charge in [0.1, 0.15) is 0 Å². The van der Waals surface area contributed by atoms with Crippen LogP contribution in [0.4, 0.5) is 5.69 Å². The van der Waals surface area contributed by atoms with Crippen LogP contribution in [0.3, 0.4) is 0 Å². The Hall–Kier alpha value is -2.69. The lowest BCUT2D eigenvalue weighted by atomic mass is 10.1. The summed E-state index contributed by atoms with van der Waals surface area (Å²) in [6, 6.07) is 10.2. The van der Waals surface area contributed by atoms with Gasteiger partial charge in [0.2, 0.25) is 0 Å². The lowest BCUT2D eigenvalue weighted by Gasteiger charge is -2.08. The number of benzene rings is 1. The molecule has 5 heteroatoms. The summed E-state index contributed by atoms with van der Waals surface area (Å²) in [6.45, 7) is 1.76. The van der Waals surface area contributed by atoms with Crippen LogP contribution in [0.25, 0.3) is 0 Å². The summed E-state index contributed by atoms with van der Waals surface area (Å²) < 4.78 is 0. The average Bonchev–Trinajstić information content (AvgIpc) is 2.38. The molecular formula is C15H14N2O3. The number of anilines is 1. The summed E-state index contributed by atoms with van der Waals surface area (Å²) in [4.78, 5) is 26.8. The van der Waals surface area contributed by atoms with Gasteiger partial charge in [-0.3, -0.25) is 14.6 Å². The summed E-state index contributed by atoms with van der Waals surface area (Å²) in [5.74, 6) is -1.17. The van der Waals surface area contributed by atoms with E-state index in [-0.39, 0.29) is 12.3 Å². The zero-order valence-electron chi connectivity index (χ0n) is 11.0. The molecule has 0 aliphatic rings. The highest BCUT2D eigenvalue weighted by molar-refractivity contribution is 6.05.